The highest BCUT2D eigenvalue weighted by molar-refractivity contribution is 5.68. The van der Waals surface area contributed by atoms with Gasteiger partial charge in [0.05, 0.1) is 0 Å². The van der Waals surface area contributed by atoms with Gasteiger partial charge >= 0.3 is 6.09 Å². The number of likely N-dealkylation sites (N-methyl/N-ethyl adjacent to an activating group) is 1. The van der Waals surface area contributed by atoms with Crippen molar-refractivity contribution in [3.63, 3.8) is 0 Å². The third-order valence-corrected chi connectivity index (χ3v) is 4.93. The molecule has 3 rings (SSSR count). The monoisotopic (exact) mass is 345 g/mol. The maximum Gasteiger partial charge on any atom is 0.410 e. The normalized spacial score (nSPS) is 19.4. The topological polar surface area (TPSA) is 44.8 Å². The van der Waals surface area contributed by atoms with Crippen LogP contribution >= 0.6 is 0 Å². The number of carbonyl (C=O) groups excluding carboxylic acids is 1. The van der Waals surface area contributed by atoms with E-state index < -0.39 is 5.60 Å². The minimum absolute atomic E-state index is 0.192. The Morgan fingerprint density at radius 2 is 1.88 bits per heavy atom. The number of nitrogens with zero attached hydrogens (tertiary/aromatic N) is 2. The summed E-state index contributed by atoms with van der Waals surface area (Å²) in [6, 6.07) is 7.17. The highest BCUT2D eigenvalue weighted by atomic mass is 16.6. The van der Waals surface area contributed by atoms with Gasteiger partial charge in [-0.3, -0.25) is 0 Å². The van der Waals surface area contributed by atoms with Gasteiger partial charge in [-0.1, -0.05) is 6.07 Å². The number of benzene rings is 1. The zero-order chi connectivity index (χ0) is 18.0. The number of amides is 1. The molecule has 1 aromatic carbocycles. The van der Waals surface area contributed by atoms with Crippen LogP contribution in [0, 0.1) is 0 Å². The van der Waals surface area contributed by atoms with E-state index in [1.165, 1.54) is 16.8 Å². The van der Waals surface area contributed by atoms with Gasteiger partial charge in [0.1, 0.15) is 5.60 Å². The van der Waals surface area contributed by atoms with E-state index in [9.17, 15) is 4.79 Å². The molecule has 2 heterocycles. The predicted octanol–water partition coefficient (Wildman–Crippen LogP) is 3.49. The van der Waals surface area contributed by atoms with Crippen LogP contribution in [0.3, 0.4) is 0 Å². The van der Waals surface area contributed by atoms with E-state index in [4.69, 9.17) is 4.74 Å². The SMILES string of the molecule is CN1CCc2ccc(NC3CCN(C(=O)OC(C)(C)C)CC3)cc2C1. The number of hydrogen-bond acceptors (Lipinski definition) is 4. The summed E-state index contributed by atoms with van der Waals surface area (Å²) in [6.07, 6.45) is 2.86. The highest BCUT2D eigenvalue weighted by Crippen LogP contribution is 2.24. The molecule has 0 bridgehead atoms. The molecule has 25 heavy (non-hydrogen) atoms. The largest absolute Gasteiger partial charge is 0.444 e. The summed E-state index contributed by atoms with van der Waals surface area (Å²) in [5.41, 5.74) is 3.68. The first kappa shape index (κ1) is 18.1. The fraction of sp³-hybridized carbons (Fsp3) is 0.650. The summed E-state index contributed by atoms with van der Waals surface area (Å²) in [6.45, 7) is 9.40. The van der Waals surface area contributed by atoms with Gasteiger partial charge in [0, 0.05) is 37.9 Å². The Morgan fingerprint density at radius 3 is 2.56 bits per heavy atom. The molecule has 0 unspecified atom stereocenters. The molecule has 0 spiro atoms. The van der Waals surface area contributed by atoms with Gasteiger partial charge < -0.3 is 19.9 Å². The van der Waals surface area contributed by atoms with Crippen LogP contribution in [0.2, 0.25) is 0 Å². The molecule has 5 heteroatoms. The molecule has 1 amide bonds. The highest BCUT2D eigenvalue weighted by Gasteiger charge is 2.27. The average Bonchev–Trinajstić information content (AvgIpc) is 2.53. The van der Waals surface area contributed by atoms with Crippen molar-refractivity contribution in [1.82, 2.24) is 9.80 Å². The number of fused-ring (bicyclic) bond motifs is 1. The summed E-state index contributed by atoms with van der Waals surface area (Å²) < 4.78 is 5.46. The number of anilines is 1. The van der Waals surface area contributed by atoms with Gasteiger partial charge in [-0.15, -0.1) is 0 Å². The Labute approximate surface area is 151 Å². The van der Waals surface area contributed by atoms with E-state index in [-0.39, 0.29) is 6.09 Å². The predicted molar refractivity (Wildman–Crippen MR) is 101 cm³/mol. The van der Waals surface area contributed by atoms with Crippen LogP contribution in [-0.4, -0.2) is 54.2 Å². The van der Waals surface area contributed by atoms with Gasteiger partial charge in [-0.25, -0.2) is 4.79 Å². The van der Waals surface area contributed by atoms with Crippen LogP contribution < -0.4 is 5.32 Å². The molecule has 1 saturated heterocycles. The second-order valence-corrected chi connectivity index (χ2v) is 8.36. The number of hydrogen-bond donors (Lipinski definition) is 1. The molecule has 0 radical (unpaired) electrons. The Balaban J connectivity index is 1.53. The van der Waals surface area contributed by atoms with Crippen LogP contribution in [0.4, 0.5) is 10.5 Å². The van der Waals surface area contributed by atoms with Crippen molar-refractivity contribution < 1.29 is 9.53 Å². The Bertz CT molecular complexity index is 616. The molecule has 0 saturated carbocycles. The van der Waals surface area contributed by atoms with Gasteiger partial charge in [0.15, 0.2) is 0 Å². The van der Waals surface area contributed by atoms with Gasteiger partial charge in [-0.05, 0) is 70.3 Å². The molecule has 1 fully saturated rings. The van der Waals surface area contributed by atoms with Crippen molar-refractivity contribution in [3.05, 3.63) is 29.3 Å². The number of ether oxygens (including phenoxy) is 1. The molecular weight excluding hydrogens is 314 g/mol. The van der Waals surface area contributed by atoms with Crippen LogP contribution in [0.5, 0.6) is 0 Å². The molecule has 5 nitrogen and oxygen atoms in total. The summed E-state index contributed by atoms with van der Waals surface area (Å²) in [7, 11) is 2.18. The lowest BCUT2D eigenvalue weighted by Gasteiger charge is -2.34. The third kappa shape index (κ3) is 4.88. The minimum atomic E-state index is -0.428. The Morgan fingerprint density at radius 1 is 1.16 bits per heavy atom. The Hall–Kier alpha value is -1.75. The number of likely N-dealkylation sites (tertiary alicyclic amines) is 1. The number of nitrogens with one attached hydrogen (secondary N) is 1. The zero-order valence-electron chi connectivity index (χ0n) is 16.0. The fourth-order valence-electron chi connectivity index (χ4n) is 3.56. The molecule has 0 atom stereocenters. The van der Waals surface area contributed by atoms with Crippen LogP contribution in [0.25, 0.3) is 0 Å². The number of rotatable bonds is 2. The van der Waals surface area contributed by atoms with Crippen molar-refractivity contribution in [2.45, 2.75) is 58.2 Å². The average molecular weight is 345 g/mol. The van der Waals surface area contributed by atoms with E-state index in [0.717, 1.165) is 45.4 Å². The lowest BCUT2D eigenvalue weighted by Crippen LogP contribution is -2.44. The van der Waals surface area contributed by atoms with Gasteiger partial charge in [-0.2, -0.15) is 0 Å². The molecule has 2 aliphatic heterocycles. The lowest BCUT2D eigenvalue weighted by atomic mass is 9.98. The van der Waals surface area contributed by atoms with Crippen molar-refractivity contribution >= 4 is 11.8 Å². The second kappa shape index (κ2) is 7.24. The fourth-order valence-corrected chi connectivity index (χ4v) is 3.56. The van der Waals surface area contributed by atoms with E-state index >= 15 is 0 Å². The molecule has 1 N–H and O–H groups in total. The maximum atomic E-state index is 12.1. The van der Waals surface area contributed by atoms with Crippen LogP contribution in [-0.2, 0) is 17.7 Å². The van der Waals surface area contributed by atoms with E-state index in [0.29, 0.717) is 6.04 Å². The van der Waals surface area contributed by atoms with Gasteiger partial charge in [0.25, 0.3) is 0 Å². The first-order chi connectivity index (χ1) is 11.8. The summed E-state index contributed by atoms with van der Waals surface area (Å²) in [5, 5.41) is 3.66. The van der Waals surface area contributed by atoms with E-state index in [2.05, 4.69) is 35.5 Å². The number of carbonyl (C=O) groups is 1. The smallest absolute Gasteiger partial charge is 0.410 e. The minimum Gasteiger partial charge on any atom is -0.444 e. The zero-order valence-corrected chi connectivity index (χ0v) is 16.0. The molecule has 0 aromatic heterocycles. The summed E-state index contributed by atoms with van der Waals surface area (Å²) in [5.74, 6) is 0. The van der Waals surface area contributed by atoms with Crippen molar-refractivity contribution in [1.29, 1.82) is 0 Å². The van der Waals surface area contributed by atoms with Crippen molar-refractivity contribution in [3.8, 4) is 0 Å². The first-order valence-electron chi connectivity index (χ1n) is 9.35. The van der Waals surface area contributed by atoms with Crippen molar-refractivity contribution in [2.24, 2.45) is 0 Å². The quantitative estimate of drug-likeness (QED) is 0.891. The van der Waals surface area contributed by atoms with Gasteiger partial charge in [0.2, 0.25) is 0 Å². The van der Waals surface area contributed by atoms with E-state index in [1.54, 1.807) is 0 Å². The molecule has 2 aliphatic rings. The molecule has 1 aromatic rings. The second-order valence-electron chi connectivity index (χ2n) is 8.36. The summed E-state index contributed by atoms with van der Waals surface area (Å²) in [4.78, 5) is 16.3. The number of piperidine rings is 1. The Kier molecular flexibility index (Phi) is 5.23. The van der Waals surface area contributed by atoms with Crippen LogP contribution in [0.15, 0.2) is 18.2 Å². The maximum absolute atomic E-state index is 12.1. The molecule has 138 valence electrons. The lowest BCUT2D eigenvalue weighted by molar-refractivity contribution is 0.0210. The van der Waals surface area contributed by atoms with Crippen LogP contribution in [0.1, 0.15) is 44.7 Å². The first-order valence-corrected chi connectivity index (χ1v) is 9.35. The van der Waals surface area contributed by atoms with Crippen molar-refractivity contribution in [2.75, 3.05) is 32.0 Å². The molecule has 0 aliphatic carbocycles. The summed E-state index contributed by atoms with van der Waals surface area (Å²) >= 11 is 0. The standard InChI is InChI=1S/C20H31N3O2/c1-20(2,3)25-19(24)23-11-8-17(9-12-23)21-18-6-5-15-7-10-22(4)14-16(15)13-18/h5-6,13,17,21H,7-12,14H2,1-4H3. The third-order valence-electron chi connectivity index (χ3n) is 4.93. The molecular formula is C20H31N3O2. The van der Waals surface area contributed by atoms with E-state index in [1.807, 2.05) is 25.7 Å².